The average Bonchev–Trinajstić information content (AvgIpc) is 2.88. The van der Waals surface area contributed by atoms with Gasteiger partial charge in [-0.1, -0.05) is 12.5 Å². The SMILES string of the molecule is COC[C@]1(C(C)=O)CC[C@H]2[C@@H]3CCC4=CC(=O)CCC4=C3CC[C@@]21C. The van der Waals surface area contributed by atoms with Crippen molar-refractivity contribution in [3.05, 3.63) is 22.8 Å². The molecule has 2 fully saturated rings. The third kappa shape index (κ3) is 2.27. The second kappa shape index (κ2) is 5.90. The van der Waals surface area contributed by atoms with Crippen LogP contribution in [-0.4, -0.2) is 25.3 Å². The topological polar surface area (TPSA) is 43.4 Å². The molecule has 0 radical (unpaired) electrons. The van der Waals surface area contributed by atoms with E-state index < -0.39 is 0 Å². The zero-order valence-electron chi connectivity index (χ0n) is 15.8. The van der Waals surface area contributed by atoms with E-state index in [-0.39, 0.29) is 10.8 Å². The monoisotopic (exact) mass is 342 g/mol. The van der Waals surface area contributed by atoms with E-state index in [2.05, 4.69) is 6.92 Å². The average molecular weight is 342 g/mol. The summed E-state index contributed by atoms with van der Waals surface area (Å²) in [5.41, 5.74) is 4.20. The number of hydrogen-bond donors (Lipinski definition) is 0. The van der Waals surface area contributed by atoms with Crippen LogP contribution in [0.4, 0.5) is 0 Å². The van der Waals surface area contributed by atoms with E-state index in [4.69, 9.17) is 4.74 Å². The van der Waals surface area contributed by atoms with Gasteiger partial charge in [0.25, 0.3) is 0 Å². The van der Waals surface area contributed by atoms with Crippen molar-refractivity contribution in [1.82, 2.24) is 0 Å². The van der Waals surface area contributed by atoms with Gasteiger partial charge in [-0.3, -0.25) is 9.59 Å². The first-order chi connectivity index (χ1) is 11.9. The molecule has 0 aromatic heterocycles. The quantitative estimate of drug-likeness (QED) is 0.763. The highest BCUT2D eigenvalue weighted by atomic mass is 16.5. The third-order valence-electron chi connectivity index (χ3n) is 8.16. The predicted octanol–water partition coefficient (Wildman–Crippen LogP) is 4.41. The van der Waals surface area contributed by atoms with E-state index in [0.29, 0.717) is 36.4 Å². The fourth-order valence-corrected chi connectivity index (χ4v) is 6.83. The fourth-order valence-electron chi connectivity index (χ4n) is 6.83. The van der Waals surface area contributed by atoms with Crippen molar-refractivity contribution in [3.8, 4) is 0 Å². The van der Waals surface area contributed by atoms with Gasteiger partial charge < -0.3 is 4.74 Å². The fraction of sp³-hybridized carbons (Fsp3) is 0.727. The van der Waals surface area contributed by atoms with Gasteiger partial charge in [0, 0.05) is 13.5 Å². The second-order valence-electron chi connectivity index (χ2n) is 8.92. The van der Waals surface area contributed by atoms with Crippen LogP contribution in [0.25, 0.3) is 0 Å². The maximum absolute atomic E-state index is 12.7. The van der Waals surface area contributed by atoms with Crippen molar-refractivity contribution >= 4 is 11.6 Å². The Morgan fingerprint density at radius 3 is 2.72 bits per heavy atom. The number of hydrogen-bond acceptors (Lipinski definition) is 3. The molecule has 0 aliphatic heterocycles. The van der Waals surface area contributed by atoms with Gasteiger partial charge in [-0.15, -0.1) is 0 Å². The lowest BCUT2D eigenvalue weighted by atomic mass is 9.51. The van der Waals surface area contributed by atoms with Crippen LogP contribution in [0, 0.1) is 22.7 Å². The minimum atomic E-state index is -0.304. The van der Waals surface area contributed by atoms with Gasteiger partial charge >= 0.3 is 0 Å². The summed E-state index contributed by atoms with van der Waals surface area (Å²) in [7, 11) is 1.73. The summed E-state index contributed by atoms with van der Waals surface area (Å²) < 4.78 is 5.56. The molecule has 4 rings (SSSR count). The molecule has 0 saturated heterocycles. The molecule has 3 nitrogen and oxygen atoms in total. The summed E-state index contributed by atoms with van der Waals surface area (Å²) in [6.07, 6.45) is 10.0. The largest absolute Gasteiger partial charge is 0.384 e. The number of carbonyl (C=O) groups is 2. The van der Waals surface area contributed by atoms with Crippen LogP contribution in [0.2, 0.25) is 0 Å². The molecule has 4 aliphatic rings. The molecular weight excluding hydrogens is 312 g/mol. The van der Waals surface area contributed by atoms with Crippen molar-refractivity contribution in [2.24, 2.45) is 22.7 Å². The molecule has 0 N–H and O–H groups in total. The number of rotatable bonds is 3. The molecule has 4 aliphatic carbocycles. The molecule has 0 aromatic rings. The van der Waals surface area contributed by atoms with Crippen molar-refractivity contribution in [3.63, 3.8) is 0 Å². The summed E-state index contributed by atoms with van der Waals surface area (Å²) in [4.78, 5) is 24.5. The summed E-state index contributed by atoms with van der Waals surface area (Å²) in [5, 5.41) is 0. The van der Waals surface area contributed by atoms with Crippen molar-refractivity contribution < 1.29 is 14.3 Å². The molecule has 0 unspecified atom stereocenters. The summed E-state index contributed by atoms with van der Waals surface area (Å²) in [6.45, 7) is 4.70. The van der Waals surface area contributed by atoms with Gasteiger partial charge in [0.2, 0.25) is 0 Å². The van der Waals surface area contributed by atoms with E-state index in [1.807, 2.05) is 6.08 Å². The molecule has 0 aromatic carbocycles. The Labute approximate surface area is 150 Å². The zero-order chi connectivity index (χ0) is 17.8. The van der Waals surface area contributed by atoms with Gasteiger partial charge in [-0.05, 0) is 86.3 Å². The van der Waals surface area contributed by atoms with E-state index in [1.54, 1.807) is 19.6 Å². The lowest BCUT2D eigenvalue weighted by Crippen LogP contribution is -2.51. The molecule has 4 atom stereocenters. The third-order valence-corrected chi connectivity index (χ3v) is 8.16. The Hall–Kier alpha value is -1.22. The number of ketones is 2. The van der Waals surface area contributed by atoms with Crippen LogP contribution in [0.15, 0.2) is 22.8 Å². The summed E-state index contributed by atoms with van der Waals surface area (Å²) >= 11 is 0. The lowest BCUT2D eigenvalue weighted by molar-refractivity contribution is -0.141. The van der Waals surface area contributed by atoms with Gasteiger partial charge in [-0.25, -0.2) is 0 Å². The molecular formula is C22H30O3. The Morgan fingerprint density at radius 2 is 2.00 bits per heavy atom. The maximum Gasteiger partial charge on any atom is 0.156 e. The molecule has 3 heteroatoms. The molecule has 0 bridgehead atoms. The minimum absolute atomic E-state index is 0.0509. The first-order valence-corrected chi connectivity index (χ1v) is 9.88. The Bertz CT molecular complexity index is 685. The number of methoxy groups -OCH3 is 1. The van der Waals surface area contributed by atoms with Crippen LogP contribution >= 0.6 is 0 Å². The molecule has 0 amide bonds. The normalized spacial score (nSPS) is 40.3. The van der Waals surface area contributed by atoms with Gasteiger partial charge in [-0.2, -0.15) is 0 Å². The van der Waals surface area contributed by atoms with Gasteiger partial charge in [0.05, 0.1) is 12.0 Å². The van der Waals surface area contributed by atoms with Gasteiger partial charge in [0.15, 0.2) is 5.78 Å². The van der Waals surface area contributed by atoms with Crippen LogP contribution in [0.3, 0.4) is 0 Å². The highest BCUT2D eigenvalue weighted by molar-refractivity contribution is 5.93. The number of fused-ring (bicyclic) bond motifs is 4. The highest BCUT2D eigenvalue weighted by Crippen LogP contribution is 2.67. The first kappa shape index (κ1) is 17.2. The Morgan fingerprint density at radius 1 is 1.20 bits per heavy atom. The zero-order valence-corrected chi connectivity index (χ0v) is 15.8. The number of carbonyl (C=O) groups excluding carboxylic acids is 2. The van der Waals surface area contributed by atoms with E-state index in [0.717, 1.165) is 44.9 Å². The Balaban J connectivity index is 1.73. The predicted molar refractivity (Wildman–Crippen MR) is 97.1 cm³/mol. The van der Waals surface area contributed by atoms with Crippen LogP contribution in [-0.2, 0) is 14.3 Å². The molecule has 0 heterocycles. The number of ether oxygens (including phenoxy) is 1. The Kier molecular flexibility index (Phi) is 4.06. The second-order valence-corrected chi connectivity index (χ2v) is 8.92. The van der Waals surface area contributed by atoms with Crippen LogP contribution < -0.4 is 0 Å². The summed E-state index contributed by atoms with van der Waals surface area (Å²) in [5.74, 6) is 1.81. The van der Waals surface area contributed by atoms with Gasteiger partial charge in [0.1, 0.15) is 5.78 Å². The van der Waals surface area contributed by atoms with E-state index in [9.17, 15) is 9.59 Å². The van der Waals surface area contributed by atoms with Crippen molar-refractivity contribution in [2.75, 3.05) is 13.7 Å². The molecule has 136 valence electrons. The van der Waals surface area contributed by atoms with Crippen LogP contribution in [0.5, 0.6) is 0 Å². The smallest absolute Gasteiger partial charge is 0.156 e. The molecule has 0 spiro atoms. The van der Waals surface area contributed by atoms with Crippen molar-refractivity contribution in [2.45, 2.75) is 65.2 Å². The summed E-state index contributed by atoms with van der Waals surface area (Å²) in [6, 6.07) is 0. The minimum Gasteiger partial charge on any atom is -0.384 e. The maximum atomic E-state index is 12.7. The number of allylic oxidation sites excluding steroid dienone is 4. The standard InChI is InChI=1S/C22H30O3/c1-14(23)22(13-25-3)11-9-20-19-6-4-15-12-16(24)5-7-17(15)18(19)8-10-21(20,22)2/h12,19-20H,4-11,13H2,1-3H3/t19-,20+,21+,22+/m1/s1. The van der Waals surface area contributed by atoms with Crippen LogP contribution in [0.1, 0.15) is 65.2 Å². The van der Waals surface area contributed by atoms with E-state index in [1.165, 1.54) is 11.1 Å². The lowest BCUT2D eigenvalue weighted by Gasteiger charge is -2.52. The highest BCUT2D eigenvalue weighted by Gasteiger charge is 2.63. The number of Topliss-reactive ketones (excluding diaryl/α,β-unsaturated/α-hetero) is 1. The molecule has 25 heavy (non-hydrogen) atoms. The van der Waals surface area contributed by atoms with Crippen molar-refractivity contribution in [1.29, 1.82) is 0 Å². The molecule has 2 saturated carbocycles. The van der Waals surface area contributed by atoms with E-state index >= 15 is 0 Å². The first-order valence-electron chi connectivity index (χ1n) is 9.88.